The molecule has 0 spiro atoms. The third kappa shape index (κ3) is 3.80. The maximum Gasteiger partial charge on any atom is 0.251 e. The van der Waals surface area contributed by atoms with Crippen LogP contribution in [0.1, 0.15) is 65.2 Å². The summed E-state index contributed by atoms with van der Waals surface area (Å²) in [4.78, 5) is 0. The Hall–Kier alpha value is 0.277. The predicted octanol–water partition coefficient (Wildman–Crippen LogP) is 7.67. The highest BCUT2D eigenvalue weighted by Crippen LogP contribution is 2.55. The zero-order valence-corrected chi connectivity index (χ0v) is 18.5. The summed E-state index contributed by atoms with van der Waals surface area (Å²) in [5, 5.41) is 0. The van der Waals surface area contributed by atoms with E-state index in [1.165, 1.54) is 51.4 Å². The molecular formula is C22H34Cl2Si. The van der Waals surface area contributed by atoms with Gasteiger partial charge in [0.1, 0.15) is 0 Å². The monoisotopic (exact) mass is 396 g/mol. The maximum atomic E-state index is 6.89. The fourth-order valence-electron chi connectivity index (χ4n) is 6.80. The van der Waals surface area contributed by atoms with Gasteiger partial charge >= 0.3 is 0 Å². The first-order valence-electron chi connectivity index (χ1n) is 10.7. The number of halogens is 2. The summed E-state index contributed by atoms with van der Waals surface area (Å²) in [5.74, 6) is 5.52. The second-order valence-electron chi connectivity index (χ2n) is 9.45. The third-order valence-electron chi connectivity index (χ3n) is 8.23. The predicted molar refractivity (Wildman–Crippen MR) is 112 cm³/mol. The molecule has 4 aliphatic rings. The van der Waals surface area contributed by atoms with Crippen LogP contribution in [-0.2, 0) is 0 Å². The molecule has 3 heteroatoms. The van der Waals surface area contributed by atoms with Gasteiger partial charge in [0.25, 0.3) is 6.69 Å². The number of hydrogen-bond donors (Lipinski definition) is 0. The molecule has 0 aromatic rings. The number of rotatable bonds is 6. The standard InChI is InChI=1S/C22H34Cl2Si/c1-3-15-9-21-13-19(15)11-17(21)5-7-25(23,24)8-6-18-12-20-14-22(18)10-16(20)4-2/h3-4,17-22H,5-14H2,1-2H3. The van der Waals surface area contributed by atoms with Gasteiger partial charge in [-0.1, -0.05) is 36.1 Å². The van der Waals surface area contributed by atoms with Gasteiger partial charge in [-0.3, -0.25) is 0 Å². The molecule has 140 valence electrons. The van der Waals surface area contributed by atoms with Crippen molar-refractivity contribution in [3.63, 3.8) is 0 Å². The maximum absolute atomic E-state index is 6.89. The molecule has 0 radical (unpaired) electrons. The number of allylic oxidation sites excluding steroid dienone is 4. The minimum Gasteiger partial charge on any atom is -0.146 e. The van der Waals surface area contributed by atoms with Crippen molar-refractivity contribution in [2.75, 3.05) is 0 Å². The lowest BCUT2D eigenvalue weighted by atomic mass is 9.84. The highest BCUT2D eigenvalue weighted by molar-refractivity contribution is 7.45. The van der Waals surface area contributed by atoms with E-state index in [-0.39, 0.29) is 0 Å². The van der Waals surface area contributed by atoms with Crippen LogP contribution in [0.15, 0.2) is 23.3 Å². The van der Waals surface area contributed by atoms with Crippen LogP contribution in [0.4, 0.5) is 0 Å². The molecule has 0 amide bonds. The van der Waals surface area contributed by atoms with E-state index in [2.05, 4.69) is 26.0 Å². The third-order valence-corrected chi connectivity index (χ3v) is 12.5. The number of fused-ring (bicyclic) bond motifs is 4. The van der Waals surface area contributed by atoms with Crippen LogP contribution >= 0.6 is 22.2 Å². The van der Waals surface area contributed by atoms with E-state index >= 15 is 0 Å². The normalized spacial score (nSPS) is 43.0. The number of hydrogen-bond acceptors (Lipinski definition) is 0. The first kappa shape index (κ1) is 18.6. The van der Waals surface area contributed by atoms with Gasteiger partial charge in [-0.15, -0.1) is 22.2 Å². The van der Waals surface area contributed by atoms with Crippen molar-refractivity contribution >= 4 is 28.9 Å². The van der Waals surface area contributed by atoms with Crippen molar-refractivity contribution in [1.29, 1.82) is 0 Å². The summed E-state index contributed by atoms with van der Waals surface area (Å²) in [6.45, 7) is 2.41. The Labute approximate surface area is 164 Å². The summed E-state index contributed by atoms with van der Waals surface area (Å²) < 4.78 is 0. The average Bonchev–Trinajstić information content (AvgIpc) is 3.36. The molecule has 0 N–H and O–H groups in total. The van der Waals surface area contributed by atoms with Gasteiger partial charge < -0.3 is 0 Å². The Bertz CT molecular complexity index is 516. The van der Waals surface area contributed by atoms with E-state index in [4.69, 9.17) is 22.2 Å². The fourth-order valence-corrected chi connectivity index (χ4v) is 9.95. The van der Waals surface area contributed by atoms with Gasteiger partial charge in [0.2, 0.25) is 0 Å². The van der Waals surface area contributed by atoms with Crippen LogP contribution in [0.2, 0.25) is 12.1 Å². The molecule has 0 aromatic heterocycles. The first-order chi connectivity index (χ1) is 12.0. The highest BCUT2D eigenvalue weighted by Gasteiger charge is 2.45. The molecule has 0 aliphatic heterocycles. The molecule has 0 saturated heterocycles. The van der Waals surface area contributed by atoms with Crippen molar-refractivity contribution in [3.05, 3.63) is 23.3 Å². The van der Waals surface area contributed by atoms with Crippen molar-refractivity contribution in [3.8, 4) is 0 Å². The smallest absolute Gasteiger partial charge is 0.146 e. The van der Waals surface area contributed by atoms with Gasteiger partial charge in [-0.2, -0.15) is 0 Å². The molecule has 4 fully saturated rings. The van der Waals surface area contributed by atoms with Crippen LogP contribution in [0.5, 0.6) is 0 Å². The van der Waals surface area contributed by atoms with Crippen LogP contribution in [-0.4, -0.2) is 6.69 Å². The van der Waals surface area contributed by atoms with Crippen molar-refractivity contribution in [1.82, 2.24) is 0 Å². The minimum atomic E-state index is -2.03. The molecule has 4 aliphatic carbocycles. The second kappa shape index (κ2) is 7.36. The lowest BCUT2D eigenvalue weighted by molar-refractivity contribution is 0.355. The average molecular weight is 398 g/mol. The molecule has 0 aromatic carbocycles. The van der Waals surface area contributed by atoms with Crippen LogP contribution in [0, 0.1) is 35.5 Å². The molecule has 4 bridgehead atoms. The van der Waals surface area contributed by atoms with Crippen LogP contribution in [0.25, 0.3) is 0 Å². The summed E-state index contributed by atoms with van der Waals surface area (Å²) in [6.07, 6.45) is 15.8. The SMILES string of the molecule is CC=C1CC2CC1CC2CC[Si](Cl)(Cl)CCC1CC2CC1CC2=CC. The Morgan fingerprint density at radius 1 is 0.800 bits per heavy atom. The summed E-state index contributed by atoms with van der Waals surface area (Å²) in [6, 6.07) is 2.27. The quantitative estimate of drug-likeness (QED) is 0.245. The lowest BCUT2D eigenvalue weighted by Gasteiger charge is -2.28. The molecule has 25 heavy (non-hydrogen) atoms. The molecule has 4 saturated carbocycles. The first-order valence-corrected chi connectivity index (χ1v) is 15.1. The molecule has 0 heterocycles. The summed E-state index contributed by atoms with van der Waals surface area (Å²) in [5.41, 5.74) is 3.47. The van der Waals surface area contributed by atoms with Gasteiger partial charge in [0.05, 0.1) is 0 Å². The minimum absolute atomic E-state index is 0.900. The largest absolute Gasteiger partial charge is 0.251 e. The van der Waals surface area contributed by atoms with E-state index in [1.54, 1.807) is 11.1 Å². The topological polar surface area (TPSA) is 0 Å². The lowest BCUT2D eigenvalue weighted by Crippen LogP contribution is -2.24. The van der Waals surface area contributed by atoms with Crippen LogP contribution in [0.3, 0.4) is 0 Å². The van der Waals surface area contributed by atoms with Crippen molar-refractivity contribution in [2.45, 2.75) is 77.3 Å². The Balaban J connectivity index is 1.21. The van der Waals surface area contributed by atoms with E-state index in [0.717, 1.165) is 47.6 Å². The molecule has 0 nitrogen and oxygen atoms in total. The van der Waals surface area contributed by atoms with Crippen molar-refractivity contribution in [2.24, 2.45) is 35.5 Å². The van der Waals surface area contributed by atoms with Gasteiger partial charge in [-0.25, -0.2) is 0 Å². The van der Waals surface area contributed by atoms with Gasteiger partial charge in [0.15, 0.2) is 0 Å². The zero-order valence-electron chi connectivity index (χ0n) is 15.9. The van der Waals surface area contributed by atoms with Gasteiger partial charge in [0, 0.05) is 0 Å². The summed E-state index contributed by atoms with van der Waals surface area (Å²) in [7, 11) is 0. The Morgan fingerprint density at radius 2 is 1.24 bits per heavy atom. The Kier molecular flexibility index (Phi) is 5.48. The molecular weight excluding hydrogens is 363 g/mol. The van der Waals surface area contributed by atoms with Gasteiger partial charge in [-0.05, 0) is 100.0 Å². The van der Waals surface area contributed by atoms with E-state index in [1.807, 2.05) is 0 Å². The van der Waals surface area contributed by atoms with Crippen LogP contribution < -0.4 is 0 Å². The zero-order chi connectivity index (χ0) is 17.6. The van der Waals surface area contributed by atoms with E-state index in [9.17, 15) is 0 Å². The second-order valence-corrected chi connectivity index (χ2v) is 17.1. The molecule has 6 unspecified atom stereocenters. The van der Waals surface area contributed by atoms with Crippen molar-refractivity contribution < 1.29 is 0 Å². The Morgan fingerprint density at radius 3 is 1.56 bits per heavy atom. The van der Waals surface area contributed by atoms with E-state index < -0.39 is 6.69 Å². The fraction of sp³-hybridized carbons (Fsp3) is 0.818. The van der Waals surface area contributed by atoms with E-state index in [0.29, 0.717) is 0 Å². The molecule has 6 atom stereocenters. The summed E-state index contributed by atoms with van der Waals surface area (Å²) >= 11 is 13.8. The molecule has 4 rings (SSSR count). The highest BCUT2D eigenvalue weighted by atomic mass is 35.7.